The van der Waals surface area contributed by atoms with E-state index in [1.54, 1.807) is 62.6 Å². The maximum Gasteiger partial charge on any atom is 0.265 e. The van der Waals surface area contributed by atoms with Gasteiger partial charge < -0.3 is 19.5 Å². The molecule has 174 valence electrons. The lowest BCUT2D eigenvalue weighted by molar-refractivity contribution is -0.122. The Morgan fingerprint density at radius 1 is 0.909 bits per heavy atom. The number of rotatable bonds is 10. The number of hydrogen-bond acceptors (Lipinski definition) is 6. The Morgan fingerprint density at radius 2 is 1.55 bits per heavy atom. The van der Waals surface area contributed by atoms with Crippen molar-refractivity contribution in [3.63, 3.8) is 0 Å². The molecule has 3 aromatic carbocycles. The normalized spacial score (nSPS) is 11.8. The molecule has 9 heteroatoms. The van der Waals surface area contributed by atoms with Crippen molar-refractivity contribution in [2.45, 2.75) is 24.8 Å². The third kappa shape index (κ3) is 6.63. The summed E-state index contributed by atoms with van der Waals surface area (Å²) >= 11 is 0. The molecular formula is C24H26N2O6S. The minimum absolute atomic E-state index is 0.0649. The van der Waals surface area contributed by atoms with Gasteiger partial charge in [0.15, 0.2) is 6.10 Å². The van der Waals surface area contributed by atoms with Gasteiger partial charge in [0.25, 0.3) is 15.9 Å². The maximum absolute atomic E-state index is 12.6. The van der Waals surface area contributed by atoms with Crippen molar-refractivity contribution in [1.29, 1.82) is 0 Å². The molecule has 0 aliphatic carbocycles. The number of amides is 1. The average molecular weight is 471 g/mol. The minimum Gasteiger partial charge on any atom is -0.497 e. The van der Waals surface area contributed by atoms with Crippen molar-refractivity contribution in [3.8, 4) is 17.2 Å². The molecule has 0 bridgehead atoms. The van der Waals surface area contributed by atoms with Crippen molar-refractivity contribution in [2.75, 3.05) is 23.8 Å². The van der Waals surface area contributed by atoms with E-state index in [1.165, 1.54) is 24.3 Å². The molecule has 0 saturated carbocycles. The van der Waals surface area contributed by atoms with E-state index in [0.29, 0.717) is 35.2 Å². The lowest BCUT2D eigenvalue weighted by Crippen LogP contribution is -2.30. The number of methoxy groups -OCH3 is 1. The average Bonchev–Trinajstić information content (AvgIpc) is 2.81. The Morgan fingerprint density at radius 3 is 2.18 bits per heavy atom. The van der Waals surface area contributed by atoms with Crippen LogP contribution in [-0.4, -0.2) is 34.1 Å². The summed E-state index contributed by atoms with van der Waals surface area (Å²) in [5, 5.41) is 2.71. The first kappa shape index (κ1) is 23.9. The predicted octanol–water partition coefficient (Wildman–Crippen LogP) is 4.30. The van der Waals surface area contributed by atoms with Crippen LogP contribution in [0.1, 0.15) is 13.8 Å². The van der Waals surface area contributed by atoms with Crippen LogP contribution < -0.4 is 24.2 Å². The first-order chi connectivity index (χ1) is 15.8. The first-order valence-electron chi connectivity index (χ1n) is 10.3. The van der Waals surface area contributed by atoms with Gasteiger partial charge in [-0.15, -0.1) is 0 Å². The lowest BCUT2D eigenvalue weighted by Gasteiger charge is -2.15. The molecule has 0 spiro atoms. The molecule has 2 N–H and O–H groups in total. The molecule has 0 fully saturated rings. The lowest BCUT2D eigenvalue weighted by atomic mass is 10.3. The van der Waals surface area contributed by atoms with Gasteiger partial charge >= 0.3 is 0 Å². The van der Waals surface area contributed by atoms with E-state index in [1.807, 2.05) is 6.92 Å². The number of anilines is 2. The molecule has 0 saturated heterocycles. The topological polar surface area (TPSA) is 103 Å². The minimum atomic E-state index is -3.79. The molecule has 0 radical (unpaired) electrons. The van der Waals surface area contributed by atoms with Crippen LogP contribution >= 0.6 is 0 Å². The van der Waals surface area contributed by atoms with Gasteiger partial charge in [-0.2, -0.15) is 0 Å². The van der Waals surface area contributed by atoms with Gasteiger partial charge in [0, 0.05) is 17.4 Å². The molecule has 3 aromatic rings. The molecule has 33 heavy (non-hydrogen) atoms. The number of sulfonamides is 1. The highest BCUT2D eigenvalue weighted by atomic mass is 32.2. The third-order valence-corrected chi connectivity index (χ3v) is 5.97. The van der Waals surface area contributed by atoms with Crippen LogP contribution in [0.5, 0.6) is 17.2 Å². The van der Waals surface area contributed by atoms with Crippen molar-refractivity contribution in [1.82, 2.24) is 0 Å². The summed E-state index contributed by atoms with van der Waals surface area (Å²) in [4.78, 5) is 12.5. The number of hydrogen-bond donors (Lipinski definition) is 2. The highest BCUT2D eigenvalue weighted by molar-refractivity contribution is 7.92. The van der Waals surface area contributed by atoms with Crippen LogP contribution in [0.3, 0.4) is 0 Å². The Hall–Kier alpha value is -3.72. The Bertz CT molecular complexity index is 1180. The van der Waals surface area contributed by atoms with Gasteiger partial charge in [-0.1, -0.05) is 6.07 Å². The second-order valence-corrected chi connectivity index (χ2v) is 8.70. The van der Waals surface area contributed by atoms with Gasteiger partial charge in [-0.05, 0) is 74.5 Å². The summed E-state index contributed by atoms with van der Waals surface area (Å²) in [6.45, 7) is 4.02. The number of carbonyl (C=O) groups is 1. The monoisotopic (exact) mass is 470 g/mol. The zero-order chi connectivity index (χ0) is 23.8. The van der Waals surface area contributed by atoms with Crippen LogP contribution in [-0.2, 0) is 14.8 Å². The Balaban J connectivity index is 1.60. The second-order valence-electron chi connectivity index (χ2n) is 7.02. The zero-order valence-corrected chi connectivity index (χ0v) is 19.4. The Kier molecular flexibility index (Phi) is 7.78. The quantitative estimate of drug-likeness (QED) is 0.458. The number of carbonyl (C=O) groups excluding carboxylic acids is 1. The summed E-state index contributed by atoms with van der Waals surface area (Å²) in [6.07, 6.45) is -0.776. The molecule has 1 amide bonds. The molecule has 3 rings (SSSR count). The van der Waals surface area contributed by atoms with Gasteiger partial charge in [0.2, 0.25) is 0 Å². The van der Waals surface area contributed by atoms with Crippen molar-refractivity contribution in [2.24, 2.45) is 0 Å². The van der Waals surface area contributed by atoms with Gasteiger partial charge in [0.1, 0.15) is 17.2 Å². The third-order valence-electron chi connectivity index (χ3n) is 4.57. The van der Waals surface area contributed by atoms with E-state index < -0.39 is 16.1 Å². The predicted molar refractivity (Wildman–Crippen MR) is 127 cm³/mol. The van der Waals surface area contributed by atoms with Crippen LogP contribution in [0.2, 0.25) is 0 Å². The standard InChI is InChI=1S/C24H26N2O6S/c1-4-31-20-12-8-19(9-13-20)26-33(28,29)23-14-10-18(11-15-23)25-24(27)17(2)32-22-7-5-6-21(16-22)30-3/h5-17,26H,4H2,1-3H3,(H,25,27)/t17-/m1/s1. The van der Waals surface area contributed by atoms with Crippen LogP contribution in [0, 0.1) is 0 Å². The van der Waals surface area contributed by atoms with Crippen LogP contribution in [0.25, 0.3) is 0 Å². The highest BCUT2D eigenvalue weighted by Gasteiger charge is 2.17. The van der Waals surface area contributed by atoms with Crippen molar-refractivity contribution >= 4 is 27.3 Å². The fourth-order valence-electron chi connectivity index (χ4n) is 2.89. The van der Waals surface area contributed by atoms with Crippen LogP contribution in [0.15, 0.2) is 77.7 Å². The molecule has 0 aliphatic rings. The summed E-state index contributed by atoms with van der Waals surface area (Å²) in [5.41, 5.74) is 0.862. The first-order valence-corrected chi connectivity index (χ1v) is 11.8. The molecule has 8 nitrogen and oxygen atoms in total. The summed E-state index contributed by atoms with van der Waals surface area (Å²) < 4.78 is 44.0. The fraction of sp³-hybridized carbons (Fsp3) is 0.208. The summed E-state index contributed by atoms with van der Waals surface area (Å²) in [5.74, 6) is 1.40. The molecular weight excluding hydrogens is 444 g/mol. The summed E-state index contributed by atoms with van der Waals surface area (Å²) in [6, 6.07) is 19.4. The summed E-state index contributed by atoms with van der Waals surface area (Å²) in [7, 11) is -2.24. The molecule has 1 atom stereocenters. The van der Waals surface area contributed by atoms with E-state index in [9.17, 15) is 13.2 Å². The molecule has 0 aromatic heterocycles. The highest BCUT2D eigenvalue weighted by Crippen LogP contribution is 2.22. The zero-order valence-electron chi connectivity index (χ0n) is 18.6. The number of benzene rings is 3. The second kappa shape index (κ2) is 10.7. The van der Waals surface area contributed by atoms with E-state index >= 15 is 0 Å². The molecule has 0 heterocycles. The van der Waals surface area contributed by atoms with Crippen molar-refractivity contribution in [3.05, 3.63) is 72.8 Å². The van der Waals surface area contributed by atoms with E-state index in [4.69, 9.17) is 14.2 Å². The van der Waals surface area contributed by atoms with Crippen LogP contribution in [0.4, 0.5) is 11.4 Å². The number of nitrogens with one attached hydrogen (secondary N) is 2. The number of ether oxygens (including phenoxy) is 3. The van der Waals surface area contributed by atoms with Gasteiger partial charge in [-0.3, -0.25) is 9.52 Å². The van der Waals surface area contributed by atoms with Gasteiger partial charge in [-0.25, -0.2) is 8.42 Å². The smallest absolute Gasteiger partial charge is 0.265 e. The van der Waals surface area contributed by atoms with E-state index in [0.717, 1.165) is 0 Å². The van der Waals surface area contributed by atoms with E-state index in [-0.39, 0.29) is 10.8 Å². The van der Waals surface area contributed by atoms with Crippen molar-refractivity contribution < 1.29 is 27.4 Å². The fourth-order valence-corrected chi connectivity index (χ4v) is 3.95. The largest absolute Gasteiger partial charge is 0.497 e. The maximum atomic E-state index is 12.6. The SMILES string of the molecule is CCOc1ccc(NS(=O)(=O)c2ccc(NC(=O)[C@@H](C)Oc3cccc(OC)c3)cc2)cc1. The molecule has 0 aliphatic heterocycles. The molecule has 0 unspecified atom stereocenters. The van der Waals surface area contributed by atoms with Gasteiger partial charge in [0.05, 0.1) is 18.6 Å². The Labute approximate surface area is 193 Å². The van der Waals surface area contributed by atoms with E-state index in [2.05, 4.69) is 10.0 Å².